The third kappa shape index (κ3) is 5.58. The summed E-state index contributed by atoms with van der Waals surface area (Å²) in [4.78, 5) is 29.2. The predicted molar refractivity (Wildman–Crippen MR) is 115 cm³/mol. The first kappa shape index (κ1) is 22.7. The lowest BCUT2D eigenvalue weighted by molar-refractivity contribution is 0.0619. The molecule has 0 spiro atoms. The zero-order chi connectivity index (χ0) is 22.2. The molecule has 0 N–H and O–H groups in total. The molecule has 1 aliphatic rings. The average molecular weight is 431 g/mol. The van der Waals surface area contributed by atoms with Gasteiger partial charge in [0, 0.05) is 31.7 Å². The number of benzene rings is 1. The Morgan fingerprint density at radius 1 is 0.935 bits per heavy atom. The molecule has 1 aromatic carbocycles. The molecule has 3 rings (SSSR count). The van der Waals surface area contributed by atoms with Crippen LogP contribution < -0.4 is 14.2 Å². The van der Waals surface area contributed by atoms with Gasteiger partial charge in [0.05, 0.1) is 32.6 Å². The predicted octanol–water partition coefficient (Wildman–Crippen LogP) is 3.12. The number of ether oxygens (including phenoxy) is 3. The van der Waals surface area contributed by atoms with Gasteiger partial charge in [-0.25, -0.2) is 0 Å². The second-order valence-electron chi connectivity index (χ2n) is 7.07. The number of carbonyl (C=O) groups is 2. The summed E-state index contributed by atoms with van der Waals surface area (Å²) in [6.45, 7) is 9.60. The molecule has 0 saturated carbocycles. The molecule has 1 amide bonds. The van der Waals surface area contributed by atoms with Gasteiger partial charge in [-0.1, -0.05) is 0 Å². The maximum Gasteiger partial charge on any atom is 0.254 e. The number of furan rings is 1. The van der Waals surface area contributed by atoms with Crippen molar-refractivity contribution < 1.29 is 28.2 Å². The molecule has 0 atom stereocenters. The van der Waals surface area contributed by atoms with Gasteiger partial charge in [0.2, 0.25) is 11.5 Å². The maximum atomic E-state index is 13.2. The lowest BCUT2D eigenvalue weighted by Crippen LogP contribution is -2.49. The highest BCUT2D eigenvalue weighted by atomic mass is 16.5. The normalized spacial score (nSPS) is 14.4. The maximum absolute atomic E-state index is 13.2. The molecule has 8 nitrogen and oxygen atoms in total. The highest BCUT2D eigenvalue weighted by Gasteiger charge is 2.26. The minimum Gasteiger partial charge on any atom is -0.490 e. The molecule has 31 heavy (non-hydrogen) atoms. The Balaban J connectivity index is 1.69. The van der Waals surface area contributed by atoms with Crippen LogP contribution in [0.4, 0.5) is 0 Å². The topological polar surface area (TPSA) is 81.5 Å². The van der Waals surface area contributed by atoms with E-state index in [0.29, 0.717) is 74.6 Å². The van der Waals surface area contributed by atoms with Crippen LogP contribution in [0.15, 0.2) is 34.9 Å². The molecule has 0 bridgehead atoms. The van der Waals surface area contributed by atoms with Crippen molar-refractivity contribution in [2.24, 2.45) is 0 Å². The summed E-state index contributed by atoms with van der Waals surface area (Å²) in [6, 6.07) is 6.80. The van der Waals surface area contributed by atoms with E-state index in [2.05, 4.69) is 0 Å². The van der Waals surface area contributed by atoms with E-state index in [9.17, 15) is 9.59 Å². The number of nitrogens with zero attached hydrogens (tertiary/aromatic N) is 2. The van der Waals surface area contributed by atoms with Crippen molar-refractivity contribution in [2.45, 2.75) is 20.8 Å². The Kier molecular flexibility index (Phi) is 7.94. The Morgan fingerprint density at radius 3 is 2.06 bits per heavy atom. The first-order chi connectivity index (χ1) is 15.1. The molecule has 1 aliphatic heterocycles. The molecule has 1 aromatic heterocycles. The average Bonchev–Trinajstić information content (AvgIpc) is 3.31. The number of amides is 1. The van der Waals surface area contributed by atoms with Gasteiger partial charge in [0.15, 0.2) is 17.3 Å². The van der Waals surface area contributed by atoms with E-state index in [1.165, 1.54) is 6.26 Å². The number of carbonyl (C=O) groups excluding carboxylic acids is 2. The van der Waals surface area contributed by atoms with Crippen LogP contribution in [0, 0.1) is 0 Å². The van der Waals surface area contributed by atoms with E-state index in [4.69, 9.17) is 18.6 Å². The van der Waals surface area contributed by atoms with Gasteiger partial charge in [0.1, 0.15) is 0 Å². The summed E-state index contributed by atoms with van der Waals surface area (Å²) in [5.74, 6) is 1.73. The van der Waals surface area contributed by atoms with Gasteiger partial charge >= 0.3 is 0 Å². The van der Waals surface area contributed by atoms with Gasteiger partial charge in [-0.2, -0.15) is 0 Å². The molecule has 0 aliphatic carbocycles. The van der Waals surface area contributed by atoms with Gasteiger partial charge in [-0.15, -0.1) is 0 Å². The third-order valence-corrected chi connectivity index (χ3v) is 4.98. The highest BCUT2D eigenvalue weighted by Crippen LogP contribution is 2.39. The van der Waals surface area contributed by atoms with Crippen LogP contribution in [0.3, 0.4) is 0 Å². The van der Waals surface area contributed by atoms with E-state index in [1.54, 1.807) is 29.2 Å². The first-order valence-corrected chi connectivity index (χ1v) is 10.7. The molecule has 2 aromatic rings. The summed E-state index contributed by atoms with van der Waals surface area (Å²) >= 11 is 0. The summed E-state index contributed by atoms with van der Waals surface area (Å²) in [6.07, 6.45) is 1.49. The van der Waals surface area contributed by atoms with Crippen LogP contribution in [0.25, 0.3) is 0 Å². The third-order valence-electron chi connectivity index (χ3n) is 4.98. The van der Waals surface area contributed by atoms with Crippen LogP contribution >= 0.6 is 0 Å². The molecule has 0 radical (unpaired) electrons. The van der Waals surface area contributed by atoms with E-state index in [0.717, 1.165) is 0 Å². The quantitative estimate of drug-likeness (QED) is 0.536. The zero-order valence-electron chi connectivity index (χ0n) is 18.4. The van der Waals surface area contributed by atoms with Crippen molar-refractivity contribution in [3.8, 4) is 17.2 Å². The summed E-state index contributed by atoms with van der Waals surface area (Å²) < 4.78 is 22.3. The summed E-state index contributed by atoms with van der Waals surface area (Å²) in [7, 11) is 0. The molecular formula is C23H30N2O6. The van der Waals surface area contributed by atoms with E-state index in [1.807, 2.05) is 25.7 Å². The summed E-state index contributed by atoms with van der Waals surface area (Å²) in [5.41, 5.74) is 0.496. The second kappa shape index (κ2) is 10.9. The zero-order valence-corrected chi connectivity index (χ0v) is 18.4. The number of Topliss-reactive ketones (excluding diaryl/α,β-unsaturated/α-hetero) is 1. The largest absolute Gasteiger partial charge is 0.490 e. The molecular weight excluding hydrogens is 400 g/mol. The lowest BCUT2D eigenvalue weighted by Gasteiger charge is -2.34. The van der Waals surface area contributed by atoms with Gasteiger partial charge in [-0.3, -0.25) is 14.5 Å². The van der Waals surface area contributed by atoms with Crippen molar-refractivity contribution in [2.75, 3.05) is 52.5 Å². The van der Waals surface area contributed by atoms with Crippen LogP contribution in [0.2, 0.25) is 0 Å². The fourth-order valence-corrected chi connectivity index (χ4v) is 3.52. The Labute approximate surface area is 182 Å². The van der Waals surface area contributed by atoms with Crippen LogP contribution in [-0.4, -0.2) is 74.0 Å². The number of rotatable bonds is 10. The number of hydrogen-bond donors (Lipinski definition) is 0. The molecule has 0 unspecified atom stereocenters. The summed E-state index contributed by atoms with van der Waals surface area (Å²) in [5, 5.41) is 0. The Morgan fingerprint density at radius 2 is 1.55 bits per heavy atom. The van der Waals surface area contributed by atoms with E-state index < -0.39 is 0 Å². The minimum absolute atomic E-state index is 0.0565. The SMILES string of the molecule is CCOc1cc(C(=O)N2CCN(CC(=O)c3ccco3)CC2)cc(OCC)c1OCC. The lowest BCUT2D eigenvalue weighted by atomic mass is 10.1. The van der Waals surface area contributed by atoms with Crippen LogP contribution in [0.1, 0.15) is 41.7 Å². The van der Waals surface area contributed by atoms with E-state index >= 15 is 0 Å². The molecule has 1 saturated heterocycles. The van der Waals surface area contributed by atoms with Crippen molar-refractivity contribution in [1.29, 1.82) is 0 Å². The monoisotopic (exact) mass is 430 g/mol. The Bertz CT molecular complexity index is 845. The standard InChI is InChI=1S/C23H30N2O6/c1-4-28-20-14-17(15-21(29-5-2)22(20)30-6-3)23(27)25-11-9-24(10-12-25)16-18(26)19-8-7-13-31-19/h7-8,13-15H,4-6,9-12,16H2,1-3H3. The number of hydrogen-bond acceptors (Lipinski definition) is 7. The molecule has 1 fully saturated rings. The van der Waals surface area contributed by atoms with Crippen LogP contribution in [0.5, 0.6) is 17.2 Å². The molecule has 8 heteroatoms. The van der Waals surface area contributed by atoms with Gasteiger partial charge < -0.3 is 23.5 Å². The highest BCUT2D eigenvalue weighted by molar-refractivity contribution is 5.96. The fraction of sp³-hybridized carbons (Fsp3) is 0.478. The Hall–Kier alpha value is -3.00. The smallest absolute Gasteiger partial charge is 0.254 e. The fourth-order valence-electron chi connectivity index (χ4n) is 3.52. The molecule has 168 valence electrons. The van der Waals surface area contributed by atoms with Crippen LogP contribution in [-0.2, 0) is 0 Å². The first-order valence-electron chi connectivity index (χ1n) is 10.7. The minimum atomic E-state index is -0.0954. The molecule has 2 heterocycles. The number of piperazine rings is 1. The van der Waals surface area contributed by atoms with Crippen molar-refractivity contribution in [1.82, 2.24) is 9.80 Å². The van der Waals surface area contributed by atoms with Gasteiger partial charge in [-0.05, 0) is 45.0 Å². The van der Waals surface area contributed by atoms with Gasteiger partial charge in [0.25, 0.3) is 5.91 Å². The van der Waals surface area contributed by atoms with Crippen molar-refractivity contribution in [3.63, 3.8) is 0 Å². The second-order valence-corrected chi connectivity index (χ2v) is 7.07. The number of ketones is 1. The van der Waals surface area contributed by atoms with Crippen molar-refractivity contribution in [3.05, 3.63) is 41.9 Å². The van der Waals surface area contributed by atoms with Crippen molar-refractivity contribution >= 4 is 11.7 Å². The van der Waals surface area contributed by atoms with E-state index in [-0.39, 0.29) is 18.2 Å².